The maximum atomic E-state index is 10.5. The summed E-state index contributed by atoms with van der Waals surface area (Å²) in [6, 6.07) is 11.3. The molecule has 19 heavy (non-hydrogen) atoms. The van der Waals surface area contributed by atoms with E-state index in [1.165, 1.54) is 6.20 Å². The van der Waals surface area contributed by atoms with Gasteiger partial charge in [0, 0.05) is 35.1 Å². The van der Waals surface area contributed by atoms with Crippen molar-refractivity contribution in [3.05, 3.63) is 71.1 Å². The molecule has 2 heterocycles. The third kappa shape index (κ3) is 2.18. The fourth-order valence-corrected chi connectivity index (χ4v) is 2.35. The van der Waals surface area contributed by atoms with E-state index in [1.54, 1.807) is 18.5 Å². The number of halogens is 1. The van der Waals surface area contributed by atoms with Crippen molar-refractivity contribution in [2.45, 2.75) is 6.10 Å². The zero-order valence-corrected chi connectivity index (χ0v) is 10.7. The summed E-state index contributed by atoms with van der Waals surface area (Å²) in [4.78, 5) is 8.26. The first-order valence-electron chi connectivity index (χ1n) is 5.88. The van der Waals surface area contributed by atoms with Crippen LogP contribution in [-0.4, -0.2) is 15.1 Å². The van der Waals surface area contributed by atoms with E-state index in [1.807, 2.05) is 30.3 Å². The number of para-hydroxylation sites is 1. The average Bonchev–Trinajstić information content (AvgIpc) is 2.46. The first-order chi connectivity index (χ1) is 9.27. The molecule has 0 saturated carbocycles. The smallest absolute Gasteiger partial charge is 0.108 e. The van der Waals surface area contributed by atoms with E-state index in [9.17, 15) is 5.11 Å². The zero-order valence-electron chi connectivity index (χ0n) is 9.99. The summed E-state index contributed by atoms with van der Waals surface area (Å²) in [6.45, 7) is 0. The molecule has 2 aromatic heterocycles. The van der Waals surface area contributed by atoms with Gasteiger partial charge in [0.1, 0.15) is 6.10 Å². The maximum absolute atomic E-state index is 10.5. The lowest BCUT2D eigenvalue weighted by Gasteiger charge is -2.14. The number of rotatable bonds is 2. The number of aromatic nitrogens is 2. The monoisotopic (exact) mass is 270 g/mol. The Morgan fingerprint density at radius 2 is 1.84 bits per heavy atom. The summed E-state index contributed by atoms with van der Waals surface area (Å²) in [5, 5.41) is 12.0. The van der Waals surface area contributed by atoms with Crippen molar-refractivity contribution in [3.8, 4) is 0 Å². The molecule has 94 valence electrons. The van der Waals surface area contributed by atoms with Gasteiger partial charge in [0.2, 0.25) is 0 Å². The largest absolute Gasteiger partial charge is 0.384 e. The van der Waals surface area contributed by atoms with Gasteiger partial charge in [0.25, 0.3) is 0 Å². The molecule has 4 heteroatoms. The Balaban J connectivity index is 2.17. The van der Waals surface area contributed by atoms with Crippen molar-refractivity contribution in [3.63, 3.8) is 0 Å². The Bertz CT molecular complexity index is 725. The number of hydrogen-bond donors (Lipinski definition) is 1. The molecule has 1 N–H and O–H groups in total. The van der Waals surface area contributed by atoms with Crippen LogP contribution in [0.2, 0.25) is 5.02 Å². The molecule has 0 fully saturated rings. The first kappa shape index (κ1) is 12.1. The number of hydrogen-bond acceptors (Lipinski definition) is 3. The summed E-state index contributed by atoms with van der Waals surface area (Å²) in [7, 11) is 0. The SMILES string of the molecule is OC(c1ccncc1Cl)c1cccc2cccnc12. The highest BCUT2D eigenvalue weighted by Gasteiger charge is 2.16. The molecule has 0 bridgehead atoms. The molecular weight excluding hydrogens is 260 g/mol. The highest BCUT2D eigenvalue weighted by molar-refractivity contribution is 6.31. The molecule has 3 aromatic rings. The fourth-order valence-electron chi connectivity index (χ4n) is 2.12. The molecule has 0 saturated heterocycles. The molecule has 3 nitrogen and oxygen atoms in total. The minimum absolute atomic E-state index is 0.447. The molecule has 0 radical (unpaired) electrons. The van der Waals surface area contributed by atoms with Crippen molar-refractivity contribution >= 4 is 22.5 Å². The molecule has 0 amide bonds. The molecule has 1 aromatic carbocycles. The number of aliphatic hydroxyl groups is 1. The van der Waals surface area contributed by atoms with Crippen LogP contribution in [-0.2, 0) is 0 Å². The van der Waals surface area contributed by atoms with Crippen LogP contribution < -0.4 is 0 Å². The van der Waals surface area contributed by atoms with Gasteiger partial charge in [-0.1, -0.05) is 35.9 Å². The normalized spacial score (nSPS) is 12.5. The van der Waals surface area contributed by atoms with Gasteiger partial charge < -0.3 is 5.11 Å². The highest BCUT2D eigenvalue weighted by Crippen LogP contribution is 2.30. The minimum atomic E-state index is -0.811. The van der Waals surface area contributed by atoms with Crippen LogP contribution in [0.3, 0.4) is 0 Å². The second-order valence-electron chi connectivity index (χ2n) is 4.22. The van der Waals surface area contributed by atoms with E-state index in [-0.39, 0.29) is 0 Å². The number of fused-ring (bicyclic) bond motifs is 1. The minimum Gasteiger partial charge on any atom is -0.384 e. The Labute approximate surface area is 115 Å². The van der Waals surface area contributed by atoms with Gasteiger partial charge in [-0.15, -0.1) is 0 Å². The molecular formula is C15H11ClN2O. The van der Waals surface area contributed by atoms with Crippen LogP contribution >= 0.6 is 11.6 Å². The Morgan fingerprint density at radius 1 is 1.00 bits per heavy atom. The molecule has 0 aliphatic carbocycles. The number of aliphatic hydroxyl groups excluding tert-OH is 1. The summed E-state index contributed by atoms with van der Waals surface area (Å²) >= 11 is 6.08. The van der Waals surface area contributed by atoms with Crippen LogP contribution in [0.5, 0.6) is 0 Å². The number of nitrogens with zero attached hydrogens (tertiary/aromatic N) is 2. The van der Waals surface area contributed by atoms with Crippen molar-refractivity contribution in [2.24, 2.45) is 0 Å². The maximum Gasteiger partial charge on any atom is 0.108 e. The van der Waals surface area contributed by atoms with Crippen molar-refractivity contribution in [1.82, 2.24) is 9.97 Å². The molecule has 3 rings (SSSR count). The third-order valence-corrected chi connectivity index (χ3v) is 3.37. The Kier molecular flexibility index (Phi) is 3.15. The van der Waals surface area contributed by atoms with Crippen molar-refractivity contribution < 1.29 is 5.11 Å². The lowest BCUT2D eigenvalue weighted by atomic mass is 9.99. The molecule has 1 unspecified atom stereocenters. The van der Waals surface area contributed by atoms with Gasteiger partial charge in [-0.25, -0.2) is 0 Å². The molecule has 0 aliphatic heterocycles. The first-order valence-corrected chi connectivity index (χ1v) is 6.26. The van der Waals surface area contributed by atoms with E-state index in [0.29, 0.717) is 10.6 Å². The van der Waals surface area contributed by atoms with E-state index in [0.717, 1.165) is 16.5 Å². The summed E-state index contributed by atoms with van der Waals surface area (Å²) in [6.07, 6.45) is 4.04. The van der Waals surface area contributed by atoms with Crippen molar-refractivity contribution in [1.29, 1.82) is 0 Å². The van der Waals surface area contributed by atoms with Gasteiger partial charge in [0.15, 0.2) is 0 Å². The number of pyridine rings is 2. The van der Waals surface area contributed by atoms with Gasteiger partial charge in [-0.05, 0) is 12.1 Å². The standard InChI is InChI=1S/C15H11ClN2O/c16-13-9-17-8-6-11(13)15(19)12-5-1-3-10-4-2-7-18-14(10)12/h1-9,15,19H. The second kappa shape index (κ2) is 4.96. The van der Waals surface area contributed by atoms with Crippen LogP contribution in [0.25, 0.3) is 10.9 Å². The van der Waals surface area contributed by atoms with Crippen LogP contribution in [0.15, 0.2) is 55.0 Å². The number of benzene rings is 1. The fraction of sp³-hybridized carbons (Fsp3) is 0.0667. The molecule has 0 aliphatic rings. The zero-order chi connectivity index (χ0) is 13.2. The van der Waals surface area contributed by atoms with Crippen LogP contribution in [0, 0.1) is 0 Å². The Hall–Kier alpha value is -1.97. The van der Waals surface area contributed by atoms with Gasteiger partial charge >= 0.3 is 0 Å². The van der Waals surface area contributed by atoms with Gasteiger partial charge in [-0.3, -0.25) is 9.97 Å². The summed E-state index contributed by atoms with van der Waals surface area (Å²) in [5.74, 6) is 0. The van der Waals surface area contributed by atoms with E-state index >= 15 is 0 Å². The highest BCUT2D eigenvalue weighted by atomic mass is 35.5. The van der Waals surface area contributed by atoms with Crippen molar-refractivity contribution in [2.75, 3.05) is 0 Å². The lowest BCUT2D eigenvalue weighted by molar-refractivity contribution is 0.221. The van der Waals surface area contributed by atoms with Gasteiger partial charge in [-0.2, -0.15) is 0 Å². The van der Waals surface area contributed by atoms with Gasteiger partial charge in [0.05, 0.1) is 10.5 Å². The summed E-state index contributed by atoms with van der Waals surface area (Å²) in [5.41, 5.74) is 2.16. The second-order valence-corrected chi connectivity index (χ2v) is 4.63. The third-order valence-electron chi connectivity index (χ3n) is 3.06. The predicted molar refractivity (Wildman–Crippen MR) is 75.1 cm³/mol. The van der Waals surface area contributed by atoms with E-state index < -0.39 is 6.10 Å². The quantitative estimate of drug-likeness (QED) is 0.777. The average molecular weight is 271 g/mol. The van der Waals surface area contributed by atoms with E-state index in [4.69, 9.17) is 11.6 Å². The van der Waals surface area contributed by atoms with Crippen LogP contribution in [0.1, 0.15) is 17.2 Å². The lowest BCUT2D eigenvalue weighted by Crippen LogP contribution is -2.02. The molecule has 1 atom stereocenters. The molecule has 0 spiro atoms. The summed E-state index contributed by atoms with van der Waals surface area (Å²) < 4.78 is 0. The topological polar surface area (TPSA) is 46.0 Å². The Morgan fingerprint density at radius 3 is 2.68 bits per heavy atom. The van der Waals surface area contributed by atoms with E-state index in [2.05, 4.69) is 9.97 Å². The predicted octanol–water partition coefficient (Wildman–Crippen LogP) is 3.36. The van der Waals surface area contributed by atoms with Crippen LogP contribution in [0.4, 0.5) is 0 Å².